The zero-order valence-corrected chi connectivity index (χ0v) is 18.2. The van der Waals surface area contributed by atoms with Crippen LogP contribution in [0.4, 0.5) is 17.1 Å². The molecule has 9 nitrogen and oxygen atoms in total. The average molecular weight is 439 g/mol. The van der Waals surface area contributed by atoms with Crippen LogP contribution in [0, 0.1) is 28.9 Å². The number of hydrogen-bond donors (Lipinski definition) is 1. The topological polar surface area (TPSA) is 119 Å². The van der Waals surface area contributed by atoms with E-state index in [1.165, 1.54) is 11.0 Å². The summed E-state index contributed by atoms with van der Waals surface area (Å²) in [6.07, 6.45) is 0.00706. The molecule has 0 unspecified atom stereocenters. The van der Waals surface area contributed by atoms with Crippen LogP contribution in [-0.2, 0) is 14.3 Å². The Morgan fingerprint density at radius 1 is 1.22 bits per heavy atom. The molecular weight excluding hydrogens is 414 g/mol. The summed E-state index contributed by atoms with van der Waals surface area (Å²) < 4.78 is 5.18. The van der Waals surface area contributed by atoms with Crippen LogP contribution in [0.15, 0.2) is 42.5 Å². The van der Waals surface area contributed by atoms with E-state index in [2.05, 4.69) is 5.32 Å². The summed E-state index contributed by atoms with van der Waals surface area (Å²) in [5.74, 6) is -1.40. The highest BCUT2D eigenvalue weighted by atomic mass is 16.6. The summed E-state index contributed by atoms with van der Waals surface area (Å²) >= 11 is 0. The van der Waals surface area contributed by atoms with Crippen LogP contribution in [-0.4, -0.2) is 35.9 Å². The lowest BCUT2D eigenvalue weighted by Gasteiger charge is -2.17. The predicted octanol–water partition coefficient (Wildman–Crippen LogP) is 3.71. The van der Waals surface area contributed by atoms with Gasteiger partial charge in [0.05, 0.1) is 28.7 Å². The Bertz CT molecular complexity index is 1050. The molecule has 2 aromatic rings. The Balaban J connectivity index is 1.63. The summed E-state index contributed by atoms with van der Waals surface area (Å²) in [5, 5.41) is 13.9. The number of carbonyl (C=O) groups is 3. The van der Waals surface area contributed by atoms with Crippen LogP contribution in [0.25, 0.3) is 0 Å². The number of nitrogens with zero attached hydrogens (tertiary/aromatic N) is 2. The second-order valence-electron chi connectivity index (χ2n) is 8.19. The van der Waals surface area contributed by atoms with Crippen molar-refractivity contribution in [1.29, 1.82) is 0 Å². The first-order valence-corrected chi connectivity index (χ1v) is 10.3. The predicted molar refractivity (Wildman–Crippen MR) is 118 cm³/mol. The van der Waals surface area contributed by atoms with Gasteiger partial charge < -0.3 is 15.0 Å². The molecule has 0 radical (unpaired) electrons. The number of nitro benzene ring substituents is 1. The van der Waals surface area contributed by atoms with Gasteiger partial charge in [0.2, 0.25) is 11.8 Å². The lowest BCUT2D eigenvalue weighted by atomic mass is 10.1. The van der Waals surface area contributed by atoms with Crippen molar-refractivity contribution in [2.45, 2.75) is 27.2 Å². The number of hydrogen-bond acceptors (Lipinski definition) is 6. The molecule has 32 heavy (non-hydrogen) atoms. The minimum absolute atomic E-state index is 0.00706. The molecule has 0 spiro atoms. The largest absolute Gasteiger partial charge is 0.462 e. The molecule has 1 aliphatic heterocycles. The third-order valence-electron chi connectivity index (χ3n) is 5.13. The number of anilines is 2. The van der Waals surface area contributed by atoms with Gasteiger partial charge in [-0.05, 0) is 43.2 Å². The van der Waals surface area contributed by atoms with Gasteiger partial charge in [-0.3, -0.25) is 19.7 Å². The molecule has 2 aromatic carbocycles. The third kappa shape index (κ3) is 5.29. The van der Waals surface area contributed by atoms with Gasteiger partial charge in [0.25, 0.3) is 5.69 Å². The zero-order valence-electron chi connectivity index (χ0n) is 18.2. The van der Waals surface area contributed by atoms with Gasteiger partial charge in [-0.2, -0.15) is 0 Å². The van der Waals surface area contributed by atoms with Gasteiger partial charge in [-0.1, -0.05) is 19.9 Å². The summed E-state index contributed by atoms with van der Waals surface area (Å²) in [6.45, 7) is 5.97. The SMILES string of the molecule is Cc1ccc(N2C[C@@H](C(=O)Nc3ccc(C(=O)OCC(C)C)cc3)CC2=O)cc1[N+](=O)[O-]. The lowest BCUT2D eigenvalue weighted by Crippen LogP contribution is -2.28. The molecule has 3 rings (SSSR count). The molecular formula is C23H25N3O6. The van der Waals surface area contributed by atoms with Crippen LogP contribution >= 0.6 is 0 Å². The summed E-state index contributed by atoms with van der Waals surface area (Å²) in [7, 11) is 0. The normalized spacial score (nSPS) is 15.7. The van der Waals surface area contributed by atoms with E-state index in [4.69, 9.17) is 4.74 Å². The molecule has 168 valence electrons. The first kappa shape index (κ1) is 22.9. The van der Waals surface area contributed by atoms with Crippen molar-refractivity contribution < 1.29 is 24.0 Å². The molecule has 1 fully saturated rings. The number of carbonyl (C=O) groups excluding carboxylic acids is 3. The van der Waals surface area contributed by atoms with Crippen molar-refractivity contribution >= 4 is 34.8 Å². The fourth-order valence-corrected chi connectivity index (χ4v) is 3.35. The van der Waals surface area contributed by atoms with Crippen molar-refractivity contribution in [3.8, 4) is 0 Å². The Morgan fingerprint density at radius 2 is 1.91 bits per heavy atom. The van der Waals surface area contributed by atoms with Crippen LogP contribution in [0.3, 0.4) is 0 Å². The second kappa shape index (κ2) is 9.59. The molecule has 0 saturated carbocycles. The molecule has 1 heterocycles. The number of esters is 1. The van der Waals surface area contributed by atoms with Gasteiger partial charge in [-0.15, -0.1) is 0 Å². The quantitative estimate of drug-likeness (QED) is 0.399. The van der Waals surface area contributed by atoms with Crippen LogP contribution < -0.4 is 10.2 Å². The number of aryl methyl sites for hydroxylation is 1. The molecule has 0 aromatic heterocycles. The Labute approximate surface area is 185 Å². The molecule has 9 heteroatoms. The summed E-state index contributed by atoms with van der Waals surface area (Å²) in [4.78, 5) is 49.2. The minimum atomic E-state index is -0.599. The number of nitrogens with one attached hydrogen (secondary N) is 1. The smallest absolute Gasteiger partial charge is 0.338 e. The van der Waals surface area contributed by atoms with Crippen molar-refractivity contribution in [1.82, 2.24) is 0 Å². The van der Waals surface area contributed by atoms with Gasteiger partial charge >= 0.3 is 5.97 Å². The number of benzene rings is 2. The van der Waals surface area contributed by atoms with Gasteiger partial charge in [0.15, 0.2) is 0 Å². The fraction of sp³-hybridized carbons (Fsp3) is 0.348. The van der Waals surface area contributed by atoms with E-state index < -0.39 is 16.8 Å². The number of ether oxygens (including phenoxy) is 1. The monoisotopic (exact) mass is 439 g/mol. The first-order chi connectivity index (χ1) is 15.2. The second-order valence-corrected chi connectivity index (χ2v) is 8.19. The van der Waals surface area contributed by atoms with Crippen molar-refractivity contribution in [3.05, 3.63) is 63.7 Å². The molecule has 2 amide bonds. The zero-order chi connectivity index (χ0) is 23.4. The van der Waals surface area contributed by atoms with E-state index in [0.717, 1.165) is 0 Å². The number of amides is 2. The molecule has 0 aliphatic carbocycles. The molecule has 1 atom stereocenters. The van der Waals surface area contributed by atoms with E-state index in [0.29, 0.717) is 29.1 Å². The van der Waals surface area contributed by atoms with E-state index in [9.17, 15) is 24.5 Å². The van der Waals surface area contributed by atoms with Gasteiger partial charge in [-0.25, -0.2) is 4.79 Å². The Hall–Kier alpha value is -3.75. The molecule has 1 N–H and O–H groups in total. The summed E-state index contributed by atoms with van der Waals surface area (Å²) in [6, 6.07) is 10.9. The van der Waals surface area contributed by atoms with Crippen LogP contribution in [0.1, 0.15) is 36.2 Å². The highest BCUT2D eigenvalue weighted by molar-refractivity contribution is 6.03. The first-order valence-electron chi connectivity index (χ1n) is 10.3. The maximum Gasteiger partial charge on any atom is 0.338 e. The maximum absolute atomic E-state index is 12.7. The molecule has 1 saturated heterocycles. The fourth-order valence-electron chi connectivity index (χ4n) is 3.35. The van der Waals surface area contributed by atoms with E-state index in [-0.39, 0.29) is 36.4 Å². The van der Waals surface area contributed by atoms with E-state index in [1.807, 2.05) is 13.8 Å². The number of rotatable bonds is 7. The van der Waals surface area contributed by atoms with E-state index >= 15 is 0 Å². The van der Waals surface area contributed by atoms with Gasteiger partial charge in [0.1, 0.15) is 0 Å². The average Bonchev–Trinajstić information content (AvgIpc) is 3.14. The minimum Gasteiger partial charge on any atom is -0.462 e. The maximum atomic E-state index is 12.7. The highest BCUT2D eigenvalue weighted by Crippen LogP contribution is 2.30. The van der Waals surface area contributed by atoms with Gasteiger partial charge in [0, 0.05) is 30.3 Å². The Morgan fingerprint density at radius 3 is 2.53 bits per heavy atom. The van der Waals surface area contributed by atoms with Crippen LogP contribution in [0.5, 0.6) is 0 Å². The van der Waals surface area contributed by atoms with Crippen molar-refractivity contribution in [3.63, 3.8) is 0 Å². The highest BCUT2D eigenvalue weighted by Gasteiger charge is 2.35. The summed E-state index contributed by atoms with van der Waals surface area (Å²) in [5.41, 5.74) is 1.69. The van der Waals surface area contributed by atoms with E-state index in [1.54, 1.807) is 43.3 Å². The number of nitro groups is 1. The molecule has 0 bridgehead atoms. The third-order valence-corrected chi connectivity index (χ3v) is 5.13. The Kier molecular flexibility index (Phi) is 6.87. The molecule has 1 aliphatic rings. The lowest BCUT2D eigenvalue weighted by molar-refractivity contribution is -0.385. The van der Waals surface area contributed by atoms with Crippen molar-refractivity contribution in [2.24, 2.45) is 11.8 Å². The van der Waals surface area contributed by atoms with Crippen LogP contribution in [0.2, 0.25) is 0 Å². The van der Waals surface area contributed by atoms with Crippen molar-refractivity contribution in [2.75, 3.05) is 23.4 Å². The standard InChI is InChI=1S/C23H25N3O6/c1-14(2)13-32-23(29)16-5-7-18(8-6-16)24-22(28)17-10-21(27)25(12-17)19-9-4-15(3)20(11-19)26(30)31/h4-9,11,14,17H,10,12-13H2,1-3H3,(H,24,28)/t17-/m0/s1.